The van der Waals surface area contributed by atoms with Gasteiger partial charge >= 0.3 is 0 Å². The van der Waals surface area contributed by atoms with Gasteiger partial charge in [0.05, 0.1) is 0 Å². The fraction of sp³-hybridized carbons (Fsp3) is 0.167. The standard InChI is InChI=1S/C12H17N7/c1-7-3-8(2)5-9(4-7)15-12-16-10(18-13)6-11(17-12)19-14/h3-6H,13-14H2,1-2H3,(H3,15,16,17,18,19). The second-order valence-corrected chi connectivity index (χ2v) is 4.25. The molecule has 0 aliphatic heterocycles. The minimum absolute atomic E-state index is 0.411. The average Bonchev–Trinajstić information content (AvgIpc) is 2.37. The lowest BCUT2D eigenvalue weighted by atomic mass is 10.1. The molecule has 0 saturated heterocycles. The minimum Gasteiger partial charge on any atom is -0.324 e. The molecule has 0 unspecified atom stereocenters. The molecule has 100 valence electrons. The number of anilines is 4. The van der Waals surface area contributed by atoms with E-state index < -0.39 is 0 Å². The van der Waals surface area contributed by atoms with Gasteiger partial charge < -0.3 is 16.2 Å². The predicted octanol–water partition coefficient (Wildman–Crippen LogP) is 1.41. The Morgan fingerprint density at radius 3 is 1.84 bits per heavy atom. The van der Waals surface area contributed by atoms with Gasteiger partial charge in [0, 0.05) is 11.8 Å². The highest BCUT2D eigenvalue weighted by Gasteiger charge is 2.04. The van der Waals surface area contributed by atoms with E-state index in [1.807, 2.05) is 26.0 Å². The second kappa shape index (κ2) is 5.51. The minimum atomic E-state index is 0.411. The molecular weight excluding hydrogens is 242 g/mol. The topological polar surface area (TPSA) is 114 Å². The van der Waals surface area contributed by atoms with Crippen molar-refractivity contribution in [2.45, 2.75) is 13.8 Å². The van der Waals surface area contributed by atoms with Crippen LogP contribution in [0.15, 0.2) is 24.3 Å². The lowest BCUT2D eigenvalue weighted by Gasteiger charge is -2.10. The van der Waals surface area contributed by atoms with Crippen molar-refractivity contribution in [2.75, 3.05) is 16.2 Å². The maximum absolute atomic E-state index is 5.35. The number of hydrogen-bond donors (Lipinski definition) is 5. The van der Waals surface area contributed by atoms with Gasteiger partial charge in [0.1, 0.15) is 11.6 Å². The molecule has 0 aliphatic rings. The number of aromatic nitrogens is 2. The summed E-state index contributed by atoms with van der Waals surface area (Å²) in [5.41, 5.74) is 8.16. The van der Waals surface area contributed by atoms with Crippen molar-refractivity contribution < 1.29 is 0 Å². The van der Waals surface area contributed by atoms with E-state index in [0.29, 0.717) is 17.6 Å². The van der Waals surface area contributed by atoms with Gasteiger partial charge in [-0.1, -0.05) is 6.07 Å². The summed E-state index contributed by atoms with van der Waals surface area (Å²) < 4.78 is 0. The SMILES string of the molecule is Cc1cc(C)cc(Nc2nc(NN)cc(NN)n2)c1. The fourth-order valence-corrected chi connectivity index (χ4v) is 1.83. The summed E-state index contributed by atoms with van der Waals surface area (Å²) in [5.74, 6) is 12.0. The monoisotopic (exact) mass is 259 g/mol. The van der Waals surface area contributed by atoms with Crippen LogP contribution in [0.3, 0.4) is 0 Å². The zero-order valence-corrected chi connectivity index (χ0v) is 10.9. The lowest BCUT2D eigenvalue weighted by molar-refractivity contribution is 1.12. The molecule has 2 aromatic rings. The first-order chi connectivity index (χ1) is 9.10. The van der Waals surface area contributed by atoms with Gasteiger partial charge in [-0.2, -0.15) is 9.97 Å². The first kappa shape index (κ1) is 13.1. The molecule has 19 heavy (non-hydrogen) atoms. The third-order valence-corrected chi connectivity index (χ3v) is 2.50. The van der Waals surface area contributed by atoms with Gasteiger partial charge in [-0.15, -0.1) is 0 Å². The molecule has 0 fully saturated rings. The van der Waals surface area contributed by atoms with Gasteiger partial charge in [0.15, 0.2) is 0 Å². The van der Waals surface area contributed by atoms with Crippen molar-refractivity contribution in [3.8, 4) is 0 Å². The summed E-state index contributed by atoms with van der Waals surface area (Å²) in [4.78, 5) is 8.40. The smallest absolute Gasteiger partial charge is 0.231 e. The van der Waals surface area contributed by atoms with Crippen LogP contribution in [0.1, 0.15) is 11.1 Å². The van der Waals surface area contributed by atoms with E-state index in [0.717, 1.165) is 16.8 Å². The Hall–Kier alpha value is -2.38. The molecule has 1 aromatic heterocycles. The molecule has 7 nitrogen and oxygen atoms in total. The van der Waals surface area contributed by atoms with Crippen molar-refractivity contribution >= 4 is 23.3 Å². The molecule has 0 aliphatic carbocycles. The van der Waals surface area contributed by atoms with Gasteiger partial charge in [-0.05, 0) is 37.1 Å². The van der Waals surface area contributed by atoms with Crippen LogP contribution in [0.4, 0.5) is 23.3 Å². The maximum atomic E-state index is 5.35. The van der Waals surface area contributed by atoms with Crippen molar-refractivity contribution in [1.29, 1.82) is 0 Å². The molecule has 2 rings (SSSR count). The lowest BCUT2D eigenvalue weighted by Crippen LogP contribution is -2.14. The van der Waals surface area contributed by atoms with Crippen molar-refractivity contribution in [2.24, 2.45) is 11.7 Å². The Labute approximate surface area is 111 Å². The Balaban J connectivity index is 2.31. The molecule has 0 saturated carbocycles. The summed E-state index contributed by atoms with van der Waals surface area (Å²) in [6, 6.07) is 7.71. The van der Waals surface area contributed by atoms with Crippen LogP contribution in [-0.2, 0) is 0 Å². The van der Waals surface area contributed by atoms with Crippen LogP contribution < -0.4 is 27.9 Å². The number of nitrogens with two attached hydrogens (primary N) is 2. The van der Waals surface area contributed by atoms with Gasteiger partial charge in [0.25, 0.3) is 0 Å². The Morgan fingerprint density at radius 2 is 1.37 bits per heavy atom. The Bertz CT molecular complexity index is 540. The molecule has 1 heterocycles. The molecule has 0 amide bonds. The zero-order valence-electron chi connectivity index (χ0n) is 10.9. The molecular formula is C12H17N7. The van der Waals surface area contributed by atoms with Crippen LogP contribution in [0.2, 0.25) is 0 Å². The molecule has 0 radical (unpaired) electrons. The van der Waals surface area contributed by atoms with Crippen molar-refractivity contribution in [3.05, 3.63) is 35.4 Å². The maximum Gasteiger partial charge on any atom is 0.231 e. The average molecular weight is 259 g/mol. The van der Waals surface area contributed by atoms with E-state index in [4.69, 9.17) is 11.7 Å². The van der Waals surface area contributed by atoms with Crippen molar-refractivity contribution in [3.63, 3.8) is 0 Å². The first-order valence-electron chi connectivity index (χ1n) is 5.78. The number of hydrazine groups is 2. The summed E-state index contributed by atoms with van der Waals surface area (Å²) in [6.45, 7) is 4.06. The number of hydrogen-bond acceptors (Lipinski definition) is 7. The zero-order chi connectivity index (χ0) is 13.8. The summed E-state index contributed by atoms with van der Waals surface area (Å²) in [7, 11) is 0. The fourth-order valence-electron chi connectivity index (χ4n) is 1.83. The van der Waals surface area contributed by atoms with Crippen molar-refractivity contribution in [1.82, 2.24) is 9.97 Å². The van der Waals surface area contributed by atoms with E-state index in [1.54, 1.807) is 6.07 Å². The highest BCUT2D eigenvalue weighted by molar-refractivity contribution is 5.59. The van der Waals surface area contributed by atoms with Crippen LogP contribution in [-0.4, -0.2) is 9.97 Å². The van der Waals surface area contributed by atoms with E-state index in [1.165, 1.54) is 0 Å². The molecule has 7 N–H and O–H groups in total. The number of rotatable bonds is 4. The number of nitrogen functional groups attached to an aromatic ring is 2. The van der Waals surface area contributed by atoms with Crippen LogP contribution in [0, 0.1) is 13.8 Å². The van der Waals surface area contributed by atoms with Crippen LogP contribution >= 0.6 is 0 Å². The molecule has 7 heteroatoms. The van der Waals surface area contributed by atoms with E-state index >= 15 is 0 Å². The highest BCUT2D eigenvalue weighted by atomic mass is 15.3. The molecule has 1 aromatic carbocycles. The highest BCUT2D eigenvalue weighted by Crippen LogP contribution is 2.19. The van der Waals surface area contributed by atoms with Crippen LogP contribution in [0.25, 0.3) is 0 Å². The number of nitrogens with one attached hydrogen (secondary N) is 3. The Kier molecular flexibility index (Phi) is 3.79. The van der Waals surface area contributed by atoms with Gasteiger partial charge in [-0.3, -0.25) is 0 Å². The third kappa shape index (κ3) is 3.30. The predicted molar refractivity (Wildman–Crippen MR) is 76.9 cm³/mol. The quantitative estimate of drug-likeness (QED) is 0.416. The Morgan fingerprint density at radius 1 is 0.842 bits per heavy atom. The number of benzene rings is 1. The van der Waals surface area contributed by atoms with Crippen LogP contribution in [0.5, 0.6) is 0 Å². The second-order valence-electron chi connectivity index (χ2n) is 4.25. The van der Waals surface area contributed by atoms with Gasteiger partial charge in [-0.25, -0.2) is 11.7 Å². The molecule has 0 spiro atoms. The largest absolute Gasteiger partial charge is 0.324 e. The molecule has 0 atom stereocenters. The third-order valence-electron chi connectivity index (χ3n) is 2.50. The number of nitrogens with zero attached hydrogens (tertiary/aromatic N) is 2. The van der Waals surface area contributed by atoms with E-state index in [-0.39, 0.29) is 0 Å². The van der Waals surface area contributed by atoms with E-state index in [9.17, 15) is 0 Å². The summed E-state index contributed by atoms with van der Waals surface area (Å²) >= 11 is 0. The summed E-state index contributed by atoms with van der Waals surface area (Å²) in [5, 5.41) is 3.12. The normalized spacial score (nSPS) is 10.1. The summed E-state index contributed by atoms with van der Waals surface area (Å²) in [6.07, 6.45) is 0. The van der Waals surface area contributed by atoms with Gasteiger partial charge in [0.2, 0.25) is 5.95 Å². The molecule has 0 bridgehead atoms. The number of aryl methyl sites for hydroxylation is 2. The van der Waals surface area contributed by atoms with E-state index in [2.05, 4.69) is 32.2 Å². The first-order valence-corrected chi connectivity index (χ1v) is 5.78.